The predicted molar refractivity (Wildman–Crippen MR) is 118 cm³/mol. The molecule has 0 saturated carbocycles. The van der Waals surface area contributed by atoms with Gasteiger partial charge in [-0.2, -0.15) is 0 Å². The lowest BCUT2D eigenvalue weighted by Gasteiger charge is -2.33. The van der Waals surface area contributed by atoms with Crippen molar-refractivity contribution in [3.8, 4) is 0 Å². The number of carbonyl (C=O) groups is 2. The summed E-state index contributed by atoms with van der Waals surface area (Å²) in [6.07, 6.45) is 6.82. The Morgan fingerprint density at radius 1 is 1.20 bits per heavy atom. The number of esters is 1. The number of nitrogens with one attached hydrogen (secondary N) is 1. The molecule has 2 aliphatic rings. The Morgan fingerprint density at radius 2 is 2.07 bits per heavy atom. The van der Waals surface area contributed by atoms with Gasteiger partial charge >= 0.3 is 5.97 Å². The van der Waals surface area contributed by atoms with Gasteiger partial charge in [0, 0.05) is 36.2 Å². The fourth-order valence-corrected chi connectivity index (χ4v) is 4.49. The first kappa shape index (κ1) is 20.4. The Morgan fingerprint density at radius 3 is 2.93 bits per heavy atom. The lowest BCUT2D eigenvalue weighted by molar-refractivity contribution is -0.148. The minimum absolute atomic E-state index is 0.00383. The molecule has 1 N–H and O–H groups in total. The second-order valence-corrected chi connectivity index (χ2v) is 8.12. The smallest absolute Gasteiger partial charge is 0.308 e. The van der Waals surface area contributed by atoms with Crippen LogP contribution in [0.1, 0.15) is 24.0 Å². The van der Waals surface area contributed by atoms with Crippen LogP contribution in [0.3, 0.4) is 0 Å². The summed E-state index contributed by atoms with van der Waals surface area (Å²) in [5.41, 5.74) is 2.87. The van der Waals surface area contributed by atoms with E-state index in [0.29, 0.717) is 13.1 Å². The Balaban J connectivity index is 1.45. The highest BCUT2D eigenvalue weighted by atomic mass is 32.2. The largest absolute Gasteiger partial charge is 0.461 e. The number of piperazine rings is 1. The predicted octanol–water partition coefficient (Wildman–Crippen LogP) is 3.75. The highest BCUT2D eigenvalue weighted by Crippen LogP contribution is 2.37. The highest BCUT2D eigenvalue weighted by Gasteiger charge is 2.33. The Hall–Kier alpha value is -2.90. The first-order valence-corrected chi connectivity index (χ1v) is 10.7. The van der Waals surface area contributed by atoms with Crippen LogP contribution in [0.4, 0.5) is 5.69 Å². The fourth-order valence-electron chi connectivity index (χ4n) is 3.36. The zero-order chi connectivity index (χ0) is 20.8. The molecule has 0 unspecified atom stereocenters. The standard InChI is InChI=1S/C23H23N3O3S/c27-21(29-16-17-7-2-1-3-8-17)15-19-23(28)25-13-14-26(19)30-20-11-6-10-18-9-4-5-12-24-22(18)20/h1-4,6-12,19H,5,13-16H2,(H,25,28)/t19-/m1/s1. The van der Waals surface area contributed by atoms with Crippen molar-refractivity contribution in [1.82, 2.24) is 9.62 Å². The second kappa shape index (κ2) is 9.73. The lowest BCUT2D eigenvalue weighted by atomic mass is 10.1. The van der Waals surface area contributed by atoms with Crippen LogP contribution >= 0.6 is 11.9 Å². The zero-order valence-electron chi connectivity index (χ0n) is 16.5. The van der Waals surface area contributed by atoms with E-state index in [0.717, 1.165) is 28.1 Å². The molecule has 0 aromatic heterocycles. The summed E-state index contributed by atoms with van der Waals surface area (Å²) in [5.74, 6) is -0.546. The molecule has 0 aliphatic carbocycles. The van der Waals surface area contributed by atoms with Crippen molar-refractivity contribution < 1.29 is 14.3 Å². The van der Waals surface area contributed by atoms with E-state index in [-0.39, 0.29) is 24.9 Å². The third kappa shape index (κ3) is 4.98. The molecule has 1 atom stereocenters. The van der Waals surface area contributed by atoms with E-state index < -0.39 is 6.04 Å². The van der Waals surface area contributed by atoms with Gasteiger partial charge < -0.3 is 10.1 Å². The number of para-hydroxylation sites is 1. The van der Waals surface area contributed by atoms with Gasteiger partial charge in [-0.15, -0.1) is 0 Å². The minimum Gasteiger partial charge on any atom is -0.461 e. The molecule has 1 fully saturated rings. The van der Waals surface area contributed by atoms with Crippen LogP contribution < -0.4 is 5.32 Å². The quantitative estimate of drug-likeness (QED) is 0.568. The number of hydrogen-bond donors (Lipinski definition) is 1. The normalized spacial score (nSPS) is 18.4. The average molecular weight is 422 g/mol. The van der Waals surface area contributed by atoms with Crippen LogP contribution in [0.15, 0.2) is 64.5 Å². The van der Waals surface area contributed by atoms with Crippen LogP contribution in [-0.2, 0) is 20.9 Å². The Bertz CT molecular complexity index is 975. The van der Waals surface area contributed by atoms with Gasteiger partial charge in [-0.05, 0) is 23.6 Å². The molecular formula is C23H23N3O3S. The topological polar surface area (TPSA) is 71.0 Å². The number of hydrogen-bond acceptors (Lipinski definition) is 6. The first-order valence-electron chi connectivity index (χ1n) is 9.94. The van der Waals surface area contributed by atoms with Crippen molar-refractivity contribution >= 4 is 41.8 Å². The maximum atomic E-state index is 12.5. The number of carbonyl (C=O) groups excluding carboxylic acids is 2. The van der Waals surface area contributed by atoms with E-state index in [1.165, 1.54) is 11.9 Å². The molecule has 0 bridgehead atoms. The number of amides is 1. The summed E-state index contributed by atoms with van der Waals surface area (Å²) >= 11 is 1.47. The number of aliphatic imine (C=N–C) groups is 1. The van der Waals surface area contributed by atoms with E-state index in [1.54, 1.807) is 0 Å². The second-order valence-electron chi connectivity index (χ2n) is 7.03. The maximum Gasteiger partial charge on any atom is 0.308 e. The van der Waals surface area contributed by atoms with Crippen molar-refractivity contribution in [1.29, 1.82) is 0 Å². The fraction of sp³-hybridized carbons (Fsp3) is 0.261. The third-order valence-electron chi connectivity index (χ3n) is 4.89. The van der Waals surface area contributed by atoms with Crippen LogP contribution in [0.2, 0.25) is 0 Å². The molecule has 4 rings (SSSR count). The molecule has 7 heteroatoms. The monoisotopic (exact) mass is 421 g/mol. The van der Waals surface area contributed by atoms with Gasteiger partial charge in [0.25, 0.3) is 0 Å². The molecule has 2 aliphatic heterocycles. The molecular weight excluding hydrogens is 398 g/mol. The van der Waals surface area contributed by atoms with Gasteiger partial charge in [-0.1, -0.05) is 54.6 Å². The molecule has 6 nitrogen and oxygen atoms in total. The van der Waals surface area contributed by atoms with E-state index in [1.807, 2.05) is 59.1 Å². The van der Waals surface area contributed by atoms with Gasteiger partial charge in [-0.3, -0.25) is 14.6 Å². The summed E-state index contributed by atoms with van der Waals surface area (Å²) in [4.78, 5) is 30.5. The third-order valence-corrected chi connectivity index (χ3v) is 6.09. The number of nitrogens with zero attached hydrogens (tertiary/aromatic N) is 2. The molecule has 1 amide bonds. The van der Waals surface area contributed by atoms with Gasteiger partial charge in [0.05, 0.1) is 12.1 Å². The summed E-state index contributed by atoms with van der Waals surface area (Å²) < 4.78 is 7.36. The van der Waals surface area contributed by atoms with Crippen LogP contribution in [0.5, 0.6) is 0 Å². The van der Waals surface area contributed by atoms with Gasteiger partial charge in [0.2, 0.25) is 5.91 Å². The number of benzene rings is 2. The van der Waals surface area contributed by atoms with Crippen molar-refractivity contribution in [3.63, 3.8) is 0 Å². The number of ether oxygens (including phenoxy) is 1. The van der Waals surface area contributed by atoms with E-state index in [2.05, 4.69) is 22.5 Å². The Labute approximate surface area is 180 Å². The average Bonchev–Trinajstić information content (AvgIpc) is 3.02. The van der Waals surface area contributed by atoms with Crippen LogP contribution in [0.25, 0.3) is 6.08 Å². The molecule has 2 aromatic carbocycles. The van der Waals surface area contributed by atoms with Crippen molar-refractivity contribution in [3.05, 3.63) is 65.7 Å². The molecule has 1 saturated heterocycles. The number of fused-ring (bicyclic) bond motifs is 1. The zero-order valence-corrected chi connectivity index (χ0v) is 17.3. The summed E-state index contributed by atoms with van der Waals surface area (Å²) in [6, 6.07) is 14.9. The molecule has 154 valence electrons. The molecule has 0 spiro atoms. The molecule has 0 radical (unpaired) electrons. The summed E-state index contributed by atoms with van der Waals surface area (Å²) in [6.45, 7) is 1.38. The maximum absolute atomic E-state index is 12.5. The summed E-state index contributed by atoms with van der Waals surface area (Å²) in [5, 5.41) is 2.86. The Kier molecular flexibility index (Phi) is 6.61. The van der Waals surface area contributed by atoms with Crippen LogP contribution in [-0.4, -0.2) is 41.5 Å². The highest BCUT2D eigenvalue weighted by molar-refractivity contribution is 7.97. The minimum atomic E-state index is -0.590. The lowest BCUT2D eigenvalue weighted by Crippen LogP contribution is -2.53. The van der Waals surface area contributed by atoms with E-state index >= 15 is 0 Å². The molecule has 2 aromatic rings. The van der Waals surface area contributed by atoms with E-state index in [4.69, 9.17) is 4.74 Å². The van der Waals surface area contributed by atoms with E-state index in [9.17, 15) is 9.59 Å². The molecule has 2 heterocycles. The van der Waals surface area contributed by atoms with Gasteiger partial charge in [0.1, 0.15) is 12.6 Å². The van der Waals surface area contributed by atoms with Crippen LogP contribution in [0, 0.1) is 0 Å². The summed E-state index contributed by atoms with van der Waals surface area (Å²) in [7, 11) is 0. The SMILES string of the molecule is O=C(C[C@@H]1C(=O)NCCN1Sc1cccc2c1N=CCC=C2)OCc1ccccc1. The van der Waals surface area contributed by atoms with Crippen molar-refractivity contribution in [2.75, 3.05) is 13.1 Å². The van der Waals surface area contributed by atoms with Gasteiger partial charge in [-0.25, -0.2) is 4.31 Å². The van der Waals surface area contributed by atoms with Crippen molar-refractivity contribution in [2.24, 2.45) is 4.99 Å². The van der Waals surface area contributed by atoms with Crippen molar-refractivity contribution in [2.45, 2.75) is 30.4 Å². The number of rotatable bonds is 6. The first-order chi connectivity index (χ1) is 14.7. The van der Waals surface area contributed by atoms with Gasteiger partial charge in [0.15, 0.2) is 0 Å². The number of allylic oxidation sites excluding steroid dienone is 1. The molecule has 30 heavy (non-hydrogen) atoms.